The largest absolute Gasteiger partial charge is 0.492 e. The van der Waals surface area contributed by atoms with Crippen molar-refractivity contribution in [2.75, 3.05) is 11.9 Å². The van der Waals surface area contributed by atoms with Crippen molar-refractivity contribution in [1.29, 1.82) is 10.5 Å². The van der Waals surface area contributed by atoms with E-state index in [0.29, 0.717) is 18.0 Å². The van der Waals surface area contributed by atoms with Crippen LogP contribution in [0, 0.1) is 28.6 Å². The lowest BCUT2D eigenvalue weighted by Crippen LogP contribution is -2.29. The van der Waals surface area contributed by atoms with E-state index in [1.807, 2.05) is 13.0 Å². The predicted molar refractivity (Wildman–Crippen MR) is 90.8 cm³/mol. The van der Waals surface area contributed by atoms with Gasteiger partial charge in [0.05, 0.1) is 30.0 Å². The Labute approximate surface area is 145 Å². The summed E-state index contributed by atoms with van der Waals surface area (Å²) >= 11 is 0. The van der Waals surface area contributed by atoms with E-state index in [9.17, 15) is 14.9 Å². The zero-order valence-electron chi connectivity index (χ0n) is 13.5. The molecule has 0 saturated heterocycles. The van der Waals surface area contributed by atoms with Crippen LogP contribution in [-0.4, -0.2) is 18.3 Å². The van der Waals surface area contributed by atoms with Crippen molar-refractivity contribution in [3.05, 3.63) is 59.7 Å². The summed E-state index contributed by atoms with van der Waals surface area (Å²) in [5.74, 6) is -2.48. The molecule has 2 rings (SSSR count). The smallest absolute Gasteiger partial charge is 0.249 e. The minimum absolute atomic E-state index is 0.138. The molecule has 6 heteroatoms. The van der Waals surface area contributed by atoms with E-state index in [0.717, 1.165) is 0 Å². The fourth-order valence-electron chi connectivity index (χ4n) is 2.20. The highest BCUT2D eigenvalue weighted by molar-refractivity contribution is 6.15. The van der Waals surface area contributed by atoms with Crippen molar-refractivity contribution < 1.29 is 14.3 Å². The zero-order valence-corrected chi connectivity index (χ0v) is 13.5. The lowest BCUT2D eigenvalue weighted by atomic mass is 9.96. The number of hydrogen-bond acceptors (Lipinski definition) is 5. The number of hydrogen-bond donors (Lipinski definition) is 1. The van der Waals surface area contributed by atoms with Crippen LogP contribution >= 0.6 is 0 Å². The zero-order chi connectivity index (χ0) is 18.2. The van der Waals surface area contributed by atoms with Gasteiger partial charge in [0.1, 0.15) is 5.75 Å². The number of rotatable bonds is 6. The summed E-state index contributed by atoms with van der Waals surface area (Å²) in [5, 5.41) is 20.7. The molecule has 2 aromatic rings. The highest BCUT2D eigenvalue weighted by Crippen LogP contribution is 2.24. The standard InChI is InChI=1S/C19H15N3O3/c1-2-25-17-9-4-3-8-16(17)22-19(24)15(12-21)18(23)14-7-5-6-13(10-14)11-20/h3-10,15H,2H2,1H3,(H,22,24)/t15-/m0/s1. The van der Waals surface area contributed by atoms with Gasteiger partial charge >= 0.3 is 0 Å². The van der Waals surface area contributed by atoms with Crippen molar-refractivity contribution in [3.8, 4) is 17.9 Å². The van der Waals surface area contributed by atoms with Gasteiger partial charge in [0, 0.05) is 5.56 Å². The molecule has 1 atom stereocenters. The van der Waals surface area contributed by atoms with Gasteiger partial charge in [0.2, 0.25) is 5.91 Å². The number of anilines is 1. The molecule has 0 spiro atoms. The normalized spacial score (nSPS) is 10.8. The molecule has 0 heterocycles. The van der Waals surface area contributed by atoms with Crippen LogP contribution in [0.3, 0.4) is 0 Å². The maximum Gasteiger partial charge on any atom is 0.249 e. The molecule has 0 aliphatic rings. The SMILES string of the molecule is CCOc1ccccc1NC(=O)[C@@H](C#N)C(=O)c1cccc(C#N)c1. The number of nitriles is 2. The monoisotopic (exact) mass is 333 g/mol. The average Bonchev–Trinajstić information content (AvgIpc) is 2.64. The molecule has 0 unspecified atom stereocenters. The fourth-order valence-corrected chi connectivity index (χ4v) is 2.20. The van der Waals surface area contributed by atoms with Gasteiger partial charge in [-0.3, -0.25) is 9.59 Å². The molecule has 0 fully saturated rings. The first-order chi connectivity index (χ1) is 12.1. The van der Waals surface area contributed by atoms with Gasteiger partial charge in [0.25, 0.3) is 0 Å². The minimum atomic E-state index is -1.52. The summed E-state index contributed by atoms with van der Waals surface area (Å²) in [5.41, 5.74) is 0.802. The quantitative estimate of drug-likeness (QED) is 0.646. The number of para-hydroxylation sites is 2. The van der Waals surface area contributed by atoms with Crippen molar-refractivity contribution in [2.24, 2.45) is 5.92 Å². The number of carbonyl (C=O) groups excluding carboxylic acids is 2. The Bertz CT molecular complexity index is 878. The van der Waals surface area contributed by atoms with Crippen molar-refractivity contribution in [2.45, 2.75) is 6.92 Å². The third kappa shape index (κ3) is 4.21. The maximum atomic E-state index is 12.5. The highest BCUT2D eigenvalue weighted by atomic mass is 16.5. The Kier molecular flexibility index (Phi) is 5.86. The van der Waals surface area contributed by atoms with Gasteiger partial charge in [0.15, 0.2) is 11.7 Å². The van der Waals surface area contributed by atoms with Crippen LogP contribution in [0.1, 0.15) is 22.8 Å². The first-order valence-corrected chi connectivity index (χ1v) is 7.57. The molecule has 6 nitrogen and oxygen atoms in total. The van der Waals surface area contributed by atoms with Crippen LogP contribution in [0.5, 0.6) is 5.75 Å². The highest BCUT2D eigenvalue weighted by Gasteiger charge is 2.28. The number of Topliss-reactive ketones (excluding diaryl/α,β-unsaturated/α-hetero) is 1. The fraction of sp³-hybridized carbons (Fsp3) is 0.158. The van der Waals surface area contributed by atoms with Crippen molar-refractivity contribution in [3.63, 3.8) is 0 Å². The molecule has 0 aromatic heterocycles. The number of benzene rings is 2. The van der Waals surface area contributed by atoms with Gasteiger partial charge in [-0.1, -0.05) is 24.3 Å². The molecule has 0 aliphatic carbocycles. The first kappa shape index (κ1) is 17.7. The van der Waals surface area contributed by atoms with E-state index in [4.69, 9.17) is 10.00 Å². The number of ether oxygens (including phenoxy) is 1. The van der Waals surface area contributed by atoms with Crippen molar-refractivity contribution in [1.82, 2.24) is 0 Å². The van der Waals surface area contributed by atoms with Gasteiger partial charge in [-0.2, -0.15) is 10.5 Å². The molecule has 25 heavy (non-hydrogen) atoms. The van der Waals surface area contributed by atoms with Crippen LogP contribution in [0.4, 0.5) is 5.69 Å². The van der Waals surface area contributed by atoms with E-state index in [1.165, 1.54) is 24.3 Å². The van der Waals surface area contributed by atoms with Crippen LogP contribution in [-0.2, 0) is 4.79 Å². The second kappa shape index (κ2) is 8.28. The molecule has 0 saturated carbocycles. The number of carbonyl (C=O) groups is 2. The van der Waals surface area contributed by atoms with E-state index in [-0.39, 0.29) is 11.1 Å². The van der Waals surface area contributed by atoms with Gasteiger partial charge in [-0.25, -0.2) is 0 Å². The summed E-state index contributed by atoms with van der Waals surface area (Å²) in [4.78, 5) is 24.9. The minimum Gasteiger partial charge on any atom is -0.492 e. The van der Waals surface area contributed by atoms with Gasteiger partial charge in [-0.15, -0.1) is 0 Å². The second-order valence-corrected chi connectivity index (χ2v) is 5.04. The second-order valence-electron chi connectivity index (χ2n) is 5.04. The first-order valence-electron chi connectivity index (χ1n) is 7.57. The molecule has 1 N–H and O–H groups in total. The van der Waals surface area contributed by atoms with Crippen LogP contribution in [0.15, 0.2) is 48.5 Å². The molecule has 0 bridgehead atoms. The van der Waals surface area contributed by atoms with E-state index < -0.39 is 17.6 Å². The van der Waals surface area contributed by atoms with E-state index in [2.05, 4.69) is 5.32 Å². The number of nitrogens with zero attached hydrogens (tertiary/aromatic N) is 2. The molecule has 1 amide bonds. The lowest BCUT2D eigenvalue weighted by Gasteiger charge is -2.13. The lowest BCUT2D eigenvalue weighted by molar-refractivity contribution is -0.117. The number of amides is 1. The summed E-state index contributed by atoms with van der Waals surface area (Å²) in [7, 11) is 0. The summed E-state index contributed by atoms with van der Waals surface area (Å²) < 4.78 is 5.41. The molecule has 124 valence electrons. The Morgan fingerprint density at radius 3 is 2.60 bits per heavy atom. The van der Waals surface area contributed by atoms with Gasteiger partial charge in [-0.05, 0) is 31.2 Å². The third-order valence-corrected chi connectivity index (χ3v) is 3.37. The van der Waals surface area contributed by atoms with Gasteiger partial charge < -0.3 is 10.1 Å². The van der Waals surface area contributed by atoms with E-state index >= 15 is 0 Å². The Balaban J connectivity index is 2.23. The number of ketones is 1. The molecule has 2 aromatic carbocycles. The molecule has 0 radical (unpaired) electrons. The summed E-state index contributed by atoms with van der Waals surface area (Å²) in [6.45, 7) is 2.22. The third-order valence-electron chi connectivity index (χ3n) is 3.37. The summed E-state index contributed by atoms with van der Waals surface area (Å²) in [6.07, 6.45) is 0. The Morgan fingerprint density at radius 2 is 1.92 bits per heavy atom. The maximum absolute atomic E-state index is 12.5. The molecular formula is C19H15N3O3. The predicted octanol–water partition coefficient (Wildman–Crippen LogP) is 2.92. The Hall–Kier alpha value is -3.64. The van der Waals surface area contributed by atoms with E-state index in [1.54, 1.807) is 30.3 Å². The molecular weight excluding hydrogens is 318 g/mol. The summed E-state index contributed by atoms with van der Waals surface area (Å²) in [6, 6.07) is 16.3. The van der Waals surface area contributed by atoms with Crippen LogP contribution < -0.4 is 10.1 Å². The van der Waals surface area contributed by atoms with Crippen LogP contribution in [0.25, 0.3) is 0 Å². The molecule has 0 aliphatic heterocycles. The average molecular weight is 333 g/mol. The topological polar surface area (TPSA) is 103 Å². The van der Waals surface area contributed by atoms with Crippen LogP contribution in [0.2, 0.25) is 0 Å². The van der Waals surface area contributed by atoms with Crippen molar-refractivity contribution >= 4 is 17.4 Å². The Morgan fingerprint density at radius 1 is 1.16 bits per heavy atom. The number of nitrogens with one attached hydrogen (secondary N) is 1.